The zero-order chi connectivity index (χ0) is 32.0. The van der Waals surface area contributed by atoms with E-state index in [1.54, 1.807) is 25.1 Å². The fraction of sp³-hybridized carbons (Fsp3) is 0.419. The number of H-pyrrole nitrogens is 1. The highest BCUT2D eigenvalue weighted by Crippen LogP contribution is 2.44. The summed E-state index contributed by atoms with van der Waals surface area (Å²) in [5, 5.41) is 16.4. The Morgan fingerprint density at radius 2 is 1.89 bits per heavy atom. The molecule has 1 unspecified atom stereocenters. The van der Waals surface area contributed by atoms with Gasteiger partial charge in [-0.25, -0.2) is 19.3 Å². The van der Waals surface area contributed by atoms with Crippen molar-refractivity contribution < 1.29 is 27.2 Å². The van der Waals surface area contributed by atoms with Gasteiger partial charge in [0.1, 0.15) is 12.6 Å². The smallest absolute Gasteiger partial charge is 0.416 e. The van der Waals surface area contributed by atoms with Gasteiger partial charge in [0.15, 0.2) is 0 Å². The van der Waals surface area contributed by atoms with E-state index >= 15 is 0 Å². The minimum atomic E-state index is -4.61. The van der Waals surface area contributed by atoms with Crippen LogP contribution in [0.15, 0.2) is 58.5 Å². The number of aromatic nitrogens is 3. The third-order valence-corrected chi connectivity index (χ3v) is 8.80. The van der Waals surface area contributed by atoms with Gasteiger partial charge in [-0.3, -0.25) is 4.90 Å². The number of anilines is 2. The highest BCUT2D eigenvalue weighted by molar-refractivity contribution is 5.93. The summed E-state index contributed by atoms with van der Waals surface area (Å²) in [4.78, 5) is 30.6. The Kier molecular flexibility index (Phi) is 8.17. The number of hydrogen-bond acceptors (Lipinski definition) is 7. The summed E-state index contributed by atoms with van der Waals surface area (Å²) in [6.07, 6.45) is -2.63. The zero-order valence-corrected chi connectivity index (χ0v) is 25.3. The van der Waals surface area contributed by atoms with Gasteiger partial charge in [0.05, 0.1) is 50.0 Å². The minimum absolute atomic E-state index is 0.0175. The zero-order valence-electron chi connectivity index (χ0n) is 25.3. The molecule has 3 aromatic rings. The van der Waals surface area contributed by atoms with E-state index in [1.165, 1.54) is 28.7 Å². The summed E-state index contributed by atoms with van der Waals surface area (Å²) in [7, 11) is 7.57. The second kappa shape index (κ2) is 11.6. The van der Waals surface area contributed by atoms with E-state index in [1.807, 2.05) is 0 Å². The van der Waals surface area contributed by atoms with Crippen LogP contribution in [0.25, 0.3) is 0 Å². The van der Waals surface area contributed by atoms with E-state index < -0.39 is 29.4 Å². The number of piperidine rings is 1. The predicted octanol–water partition coefficient (Wildman–Crippen LogP) is 4.32. The van der Waals surface area contributed by atoms with Gasteiger partial charge >= 0.3 is 17.8 Å². The Morgan fingerprint density at radius 1 is 1.18 bits per heavy atom. The van der Waals surface area contributed by atoms with Gasteiger partial charge in [-0.1, -0.05) is 12.1 Å². The van der Waals surface area contributed by atoms with Gasteiger partial charge in [0.2, 0.25) is 5.95 Å². The first kappa shape index (κ1) is 31.0. The molecular weight excluding hydrogens is 575 g/mol. The topological polar surface area (TPSA) is 107 Å². The number of quaternary nitrogens is 1. The molecule has 2 aliphatic heterocycles. The van der Waals surface area contributed by atoms with Crippen LogP contribution in [0.1, 0.15) is 48.1 Å². The van der Waals surface area contributed by atoms with Crippen LogP contribution in [0.5, 0.6) is 0 Å². The molecule has 2 aromatic carbocycles. The van der Waals surface area contributed by atoms with Crippen molar-refractivity contribution in [3.63, 3.8) is 0 Å². The molecule has 3 heterocycles. The third-order valence-electron chi connectivity index (χ3n) is 8.80. The number of allylic oxidation sites excluding steroid dienone is 1. The van der Waals surface area contributed by atoms with Gasteiger partial charge in [-0.15, -0.1) is 5.10 Å². The maximum absolute atomic E-state index is 13.7. The largest absolute Gasteiger partial charge is 0.466 e. The van der Waals surface area contributed by atoms with Crippen molar-refractivity contribution in [3.05, 3.63) is 86.5 Å². The fourth-order valence-electron chi connectivity index (χ4n) is 6.42. The van der Waals surface area contributed by atoms with Gasteiger partial charge in [-0.05, 0) is 49.9 Å². The SMILES string of the molecule is COC(=O)C1=C(C)N(c2cccc(C(F)(F)F)c2)c2n[nH]c(=O)n2C1c1ccc(C#N)cc1C[N+](C)(C)C1CCN(C)CC1. The Balaban J connectivity index is 1.70. The normalized spacial score (nSPS) is 18.2. The Morgan fingerprint density at radius 3 is 2.52 bits per heavy atom. The van der Waals surface area contributed by atoms with E-state index in [0.717, 1.165) is 43.6 Å². The highest BCUT2D eigenvalue weighted by Gasteiger charge is 2.42. The van der Waals surface area contributed by atoms with Crippen LogP contribution in [0, 0.1) is 11.3 Å². The molecule has 0 spiro atoms. The van der Waals surface area contributed by atoms with Crippen molar-refractivity contribution in [3.8, 4) is 6.07 Å². The monoisotopic (exact) mass is 610 g/mol. The molecule has 44 heavy (non-hydrogen) atoms. The lowest BCUT2D eigenvalue weighted by Crippen LogP contribution is -2.52. The van der Waals surface area contributed by atoms with Crippen LogP contribution in [-0.4, -0.2) is 77.5 Å². The number of nitrogens with one attached hydrogen (secondary N) is 1. The summed E-state index contributed by atoms with van der Waals surface area (Å²) in [6.45, 7) is 4.02. The molecule has 1 saturated heterocycles. The quantitative estimate of drug-likeness (QED) is 0.327. The molecule has 1 aromatic heterocycles. The second-order valence-corrected chi connectivity index (χ2v) is 12.0. The van der Waals surface area contributed by atoms with Gasteiger partial charge < -0.3 is 14.1 Å². The maximum Gasteiger partial charge on any atom is 0.416 e. The number of likely N-dealkylation sites (tertiary alicyclic amines) is 1. The van der Waals surface area contributed by atoms with E-state index in [-0.39, 0.29) is 22.9 Å². The average Bonchev–Trinajstić information content (AvgIpc) is 3.36. The Bertz CT molecular complexity index is 1710. The van der Waals surface area contributed by atoms with Gasteiger partial charge in [0, 0.05) is 42.9 Å². The number of carbonyl (C=O) groups excluding carboxylic acids is 1. The molecule has 0 bridgehead atoms. The molecule has 0 saturated carbocycles. The Hall–Kier alpha value is -4.41. The molecular formula is C31H35F3N7O3+. The van der Waals surface area contributed by atoms with Crippen LogP contribution >= 0.6 is 0 Å². The number of fused-ring (bicyclic) bond motifs is 1. The lowest BCUT2D eigenvalue weighted by Gasteiger charge is -2.43. The molecule has 1 fully saturated rings. The van der Waals surface area contributed by atoms with Crippen molar-refractivity contribution in [1.29, 1.82) is 5.26 Å². The number of nitriles is 1. The molecule has 1 N–H and O–H groups in total. The molecule has 5 rings (SSSR count). The van der Waals surface area contributed by atoms with E-state index in [2.05, 4.69) is 42.3 Å². The van der Waals surface area contributed by atoms with Gasteiger partial charge in [-0.2, -0.15) is 18.4 Å². The van der Waals surface area contributed by atoms with Crippen LogP contribution in [0.2, 0.25) is 0 Å². The third kappa shape index (κ3) is 5.62. The van der Waals surface area contributed by atoms with Crippen LogP contribution in [0.4, 0.5) is 24.8 Å². The first-order chi connectivity index (χ1) is 20.8. The number of alkyl halides is 3. The molecule has 0 amide bonds. The molecule has 13 heteroatoms. The first-order valence-electron chi connectivity index (χ1n) is 14.2. The van der Waals surface area contributed by atoms with Crippen LogP contribution in [-0.2, 0) is 22.3 Å². The second-order valence-electron chi connectivity index (χ2n) is 12.0. The number of methoxy groups -OCH3 is 1. The summed E-state index contributed by atoms with van der Waals surface area (Å²) in [5.74, 6) is -0.730. The summed E-state index contributed by atoms with van der Waals surface area (Å²) in [6, 6.07) is 11.2. The number of aromatic amines is 1. The predicted molar refractivity (Wildman–Crippen MR) is 157 cm³/mol. The molecule has 0 aliphatic carbocycles. The molecule has 1 atom stereocenters. The summed E-state index contributed by atoms with van der Waals surface area (Å²) >= 11 is 0. The number of carbonyl (C=O) groups is 1. The Labute approximate surface area is 253 Å². The minimum Gasteiger partial charge on any atom is -0.466 e. The molecule has 232 valence electrons. The average molecular weight is 611 g/mol. The van der Waals surface area contributed by atoms with E-state index in [0.29, 0.717) is 28.2 Å². The lowest BCUT2D eigenvalue weighted by atomic mass is 9.89. The van der Waals surface area contributed by atoms with E-state index in [9.17, 15) is 28.0 Å². The number of hydrogen-bond donors (Lipinski definition) is 1. The number of benzene rings is 2. The standard InChI is InChI=1S/C31H34F3N7O3/c1-19-26(28(42)44-5)27(40-29(36-37-30(40)43)39(19)23-8-6-7-22(16-23)31(32,33)34)25-10-9-20(17-35)15-21(25)18-41(3,4)24-11-13-38(2)14-12-24/h6-10,15-16,24,27H,11-14,18H2,1-5H3/p+1. The number of ether oxygens (including phenoxy) is 1. The number of nitrogens with zero attached hydrogens (tertiary/aromatic N) is 6. The van der Waals surface area contributed by atoms with Crippen molar-refractivity contribution in [1.82, 2.24) is 19.7 Å². The first-order valence-corrected chi connectivity index (χ1v) is 14.2. The van der Waals surface area contributed by atoms with Crippen LogP contribution in [0.3, 0.4) is 0 Å². The number of rotatable bonds is 6. The summed E-state index contributed by atoms with van der Waals surface area (Å²) in [5.41, 5.74) is 0.622. The van der Waals surface area contributed by atoms with Crippen molar-refractivity contribution in [2.24, 2.45) is 0 Å². The van der Waals surface area contributed by atoms with Crippen molar-refractivity contribution >= 4 is 17.6 Å². The fourth-order valence-corrected chi connectivity index (χ4v) is 6.42. The molecule has 2 aliphatic rings. The van der Waals surface area contributed by atoms with Crippen LogP contribution < -0.4 is 10.6 Å². The van der Waals surface area contributed by atoms with E-state index in [4.69, 9.17) is 4.74 Å². The molecule has 0 radical (unpaired) electrons. The number of esters is 1. The number of halogens is 3. The summed E-state index contributed by atoms with van der Waals surface area (Å²) < 4.78 is 48.0. The van der Waals surface area contributed by atoms with Gasteiger partial charge in [0.25, 0.3) is 0 Å². The molecule has 10 nitrogen and oxygen atoms in total. The van der Waals surface area contributed by atoms with Crippen molar-refractivity contribution in [2.45, 2.75) is 44.6 Å². The highest BCUT2D eigenvalue weighted by atomic mass is 19.4. The maximum atomic E-state index is 13.7. The van der Waals surface area contributed by atoms with Crippen molar-refractivity contribution in [2.75, 3.05) is 46.2 Å². The lowest BCUT2D eigenvalue weighted by molar-refractivity contribution is -0.929.